The average molecular weight is 413 g/mol. The highest BCUT2D eigenvalue weighted by Gasteiger charge is 2.51. The molecule has 0 aromatic heterocycles. The van der Waals surface area contributed by atoms with Crippen molar-refractivity contribution in [1.82, 2.24) is 0 Å². The lowest BCUT2D eigenvalue weighted by molar-refractivity contribution is -0.116. The largest absolute Gasteiger partial charge is 0.369 e. The van der Waals surface area contributed by atoms with Crippen molar-refractivity contribution in [3.05, 3.63) is 103 Å². The van der Waals surface area contributed by atoms with E-state index in [9.17, 15) is 11.4 Å². The number of benzene rings is 3. The van der Waals surface area contributed by atoms with Gasteiger partial charge in [-0.3, -0.25) is 4.79 Å². The van der Waals surface area contributed by atoms with Crippen molar-refractivity contribution >= 4 is 34.8 Å². The maximum atomic E-state index is 11.5. The van der Waals surface area contributed by atoms with Crippen molar-refractivity contribution in [2.45, 2.75) is 19.8 Å². The number of amides is 1. The molecule has 2 radical (unpaired) electrons. The fourth-order valence-corrected chi connectivity index (χ4v) is 8.36. The molecule has 150 valence electrons. The Bertz CT molecular complexity index is 920. The molecule has 0 aliphatic heterocycles. The minimum absolute atomic E-state index is 0.126. The third kappa shape index (κ3) is 4.13. The number of hydrogen-bond acceptors (Lipinski definition) is 2. The molecule has 0 spiro atoms. The third-order valence-corrected chi connectivity index (χ3v) is 9.57. The van der Waals surface area contributed by atoms with Gasteiger partial charge in [0.15, 0.2) is 0 Å². The first-order valence-corrected chi connectivity index (χ1v) is 11.8. The van der Waals surface area contributed by atoms with Crippen molar-refractivity contribution < 1.29 is 4.79 Å². The van der Waals surface area contributed by atoms with Crippen LogP contribution in [0.3, 0.4) is 0 Å². The van der Waals surface area contributed by atoms with Crippen LogP contribution in [0.4, 0.5) is 0 Å². The summed E-state index contributed by atoms with van der Waals surface area (Å²) in [5.41, 5.74) is 5.60. The molecule has 4 heteroatoms. The van der Waals surface area contributed by atoms with Crippen LogP contribution in [0.2, 0.25) is 0 Å². The Morgan fingerprint density at radius 2 is 1.23 bits per heavy atom. The maximum Gasteiger partial charge on any atom is 0.223 e. The van der Waals surface area contributed by atoms with Gasteiger partial charge in [0.1, 0.15) is 28.5 Å². The van der Waals surface area contributed by atoms with Crippen molar-refractivity contribution in [2.24, 2.45) is 11.7 Å². The van der Waals surface area contributed by atoms with Crippen molar-refractivity contribution in [1.29, 1.82) is 5.41 Å². The number of nitrogens with two attached hydrogens (primary N) is 1. The van der Waals surface area contributed by atoms with E-state index in [0.717, 1.165) is 15.9 Å². The van der Waals surface area contributed by atoms with Crippen molar-refractivity contribution in [3.8, 4) is 0 Å². The van der Waals surface area contributed by atoms with Crippen LogP contribution in [0, 0.1) is 17.9 Å². The molecule has 0 saturated heterocycles. The SMILES string of the molecule is [C]=C(C(CC)C(=N)CC(N)=O)[P+](c1ccccc1)(c1ccccc1)c1ccccc1. The second-order valence-corrected chi connectivity index (χ2v) is 10.6. The van der Waals surface area contributed by atoms with Gasteiger partial charge in [-0.1, -0.05) is 61.5 Å². The zero-order valence-corrected chi connectivity index (χ0v) is 18.0. The fourth-order valence-electron chi connectivity index (χ4n) is 3.97. The predicted octanol–water partition coefficient (Wildman–Crippen LogP) is 4.10. The zero-order valence-electron chi connectivity index (χ0n) is 17.1. The molecule has 0 aliphatic carbocycles. The second kappa shape index (κ2) is 9.65. The lowest BCUT2D eigenvalue weighted by atomic mass is 9.97. The van der Waals surface area contributed by atoms with Gasteiger partial charge >= 0.3 is 0 Å². The lowest BCUT2D eigenvalue weighted by Crippen LogP contribution is -2.36. The molecule has 1 unspecified atom stereocenters. The van der Waals surface area contributed by atoms with Crippen LogP contribution in [0.15, 0.2) is 96.3 Å². The van der Waals surface area contributed by atoms with Gasteiger partial charge in [0.25, 0.3) is 0 Å². The summed E-state index contributed by atoms with van der Waals surface area (Å²) in [7, 11) is -2.52. The summed E-state index contributed by atoms with van der Waals surface area (Å²) in [4.78, 5) is 11.5. The van der Waals surface area contributed by atoms with Gasteiger partial charge in [-0.15, -0.1) is 0 Å². The minimum Gasteiger partial charge on any atom is -0.369 e. The molecule has 1 atom stereocenters. The average Bonchev–Trinajstić information content (AvgIpc) is 2.77. The van der Waals surface area contributed by atoms with Gasteiger partial charge in [0.05, 0.1) is 12.3 Å². The topological polar surface area (TPSA) is 66.9 Å². The van der Waals surface area contributed by atoms with E-state index in [2.05, 4.69) is 36.4 Å². The number of rotatable bonds is 9. The molecule has 3 aromatic carbocycles. The molecule has 0 fully saturated rings. The van der Waals surface area contributed by atoms with Crippen LogP contribution in [-0.2, 0) is 4.79 Å². The molecule has 3 nitrogen and oxygen atoms in total. The summed E-state index contributed by atoms with van der Waals surface area (Å²) in [5, 5.41) is 12.2. The molecule has 0 heterocycles. The quantitative estimate of drug-likeness (QED) is 0.403. The first-order chi connectivity index (χ1) is 14.5. The third-order valence-electron chi connectivity index (χ3n) is 5.32. The Labute approximate surface area is 179 Å². The molecule has 3 aromatic rings. The Kier molecular flexibility index (Phi) is 6.97. The van der Waals surface area contributed by atoms with Gasteiger partial charge in [-0.2, -0.15) is 0 Å². The van der Waals surface area contributed by atoms with Crippen LogP contribution in [0.25, 0.3) is 0 Å². The first kappa shape index (κ1) is 21.7. The van der Waals surface area contributed by atoms with Crippen LogP contribution in [0.1, 0.15) is 19.8 Å². The van der Waals surface area contributed by atoms with E-state index in [1.165, 1.54) is 0 Å². The number of primary amides is 1. The van der Waals surface area contributed by atoms with Crippen molar-refractivity contribution in [3.63, 3.8) is 0 Å². The smallest absolute Gasteiger partial charge is 0.223 e. The van der Waals surface area contributed by atoms with Crippen molar-refractivity contribution in [2.75, 3.05) is 0 Å². The highest BCUT2D eigenvalue weighted by Crippen LogP contribution is 2.64. The second-order valence-electron chi connectivity index (χ2n) is 7.19. The lowest BCUT2D eigenvalue weighted by Gasteiger charge is -2.32. The van der Waals surface area contributed by atoms with Gasteiger partial charge < -0.3 is 11.1 Å². The molecule has 1 amide bonds. The highest BCUT2D eigenvalue weighted by atomic mass is 31.2. The first-order valence-electron chi connectivity index (χ1n) is 10.0. The van der Waals surface area contributed by atoms with Gasteiger partial charge in [-0.25, -0.2) is 0 Å². The van der Waals surface area contributed by atoms with E-state index in [-0.39, 0.29) is 12.1 Å². The van der Waals surface area contributed by atoms with E-state index < -0.39 is 19.1 Å². The number of hydrogen-bond donors (Lipinski definition) is 2. The number of allylic oxidation sites excluding steroid dienone is 1. The van der Waals surface area contributed by atoms with E-state index in [0.29, 0.717) is 11.7 Å². The van der Waals surface area contributed by atoms with Gasteiger partial charge in [-0.05, 0) is 42.8 Å². The van der Waals surface area contributed by atoms with Gasteiger partial charge in [0.2, 0.25) is 5.91 Å². The van der Waals surface area contributed by atoms with Crippen LogP contribution in [-0.4, -0.2) is 11.6 Å². The van der Waals surface area contributed by atoms with Crippen LogP contribution >= 0.6 is 7.26 Å². The maximum absolute atomic E-state index is 11.5. The van der Waals surface area contributed by atoms with E-state index in [1.807, 2.05) is 61.5 Å². The molecular weight excluding hydrogens is 387 g/mol. The summed E-state index contributed by atoms with van der Waals surface area (Å²) < 4.78 is 0. The number of nitrogens with one attached hydrogen (secondary N) is 1. The van der Waals surface area contributed by atoms with E-state index in [4.69, 9.17) is 11.1 Å². The van der Waals surface area contributed by atoms with Crippen LogP contribution < -0.4 is 21.6 Å². The molecule has 0 aliphatic rings. The molecule has 30 heavy (non-hydrogen) atoms. The summed E-state index contributed by atoms with van der Waals surface area (Å²) >= 11 is 0. The zero-order chi connectivity index (χ0) is 21.6. The number of carbonyl (C=O) groups excluding carboxylic acids is 1. The molecular formula is C26H26N2OP+. The standard InChI is InChI=1S/C26H25N2OP/c1-3-24(25(27)19-26(28)29)20(2)30(21-13-7-4-8-14-21,22-15-9-5-10-16-22)23-17-11-6-12-18-23/h4-18,24,27H,3,19H2,1H3,(H-,28,29)/p+1. The van der Waals surface area contributed by atoms with E-state index >= 15 is 0 Å². The van der Waals surface area contributed by atoms with Gasteiger partial charge in [0, 0.05) is 12.3 Å². The summed E-state index contributed by atoms with van der Waals surface area (Å²) in [6.45, 7) is 11.5. The normalized spacial score (nSPS) is 12.2. The Balaban J connectivity index is 2.32. The molecule has 3 rings (SSSR count). The predicted molar refractivity (Wildman–Crippen MR) is 127 cm³/mol. The summed E-state index contributed by atoms with van der Waals surface area (Å²) in [6.07, 6.45) is 0.443. The Hall–Kier alpha value is -3.03. The molecule has 0 bridgehead atoms. The number of carbonyl (C=O) groups is 1. The molecule has 0 saturated carbocycles. The molecule has 3 N–H and O–H groups in total. The van der Waals surface area contributed by atoms with E-state index in [1.54, 1.807) is 0 Å². The van der Waals surface area contributed by atoms with Crippen LogP contribution in [0.5, 0.6) is 0 Å². The summed E-state index contributed by atoms with van der Waals surface area (Å²) in [5.74, 6) is -0.985. The summed E-state index contributed by atoms with van der Waals surface area (Å²) in [6, 6.07) is 30.4. The Morgan fingerprint density at radius 1 is 0.867 bits per heavy atom. The fraction of sp³-hybridized carbons (Fsp3) is 0.154. The minimum atomic E-state index is -2.52. The monoisotopic (exact) mass is 413 g/mol. The Morgan fingerprint density at radius 3 is 1.53 bits per heavy atom. The highest BCUT2D eigenvalue weighted by molar-refractivity contribution is 7.99.